The van der Waals surface area contributed by atoms with Crippen LogP contribution >= 0.6 is 0 Å². The summed E-state index contributed by atoms with van der Waals surface area (Å²) in [6, 6.07) is 12.0. The lowest BCUT2D eigenvalue weighted by Crippen LogP contribution is -2.21. The molecule has 0 N–H and O–H groups in total. The van der Waals surface area contributed by atoms with E-state index in [2.05, 4.69) is 22.3 Å². The van der Waals surface area contributed by atoms with Gasteiger partial charge in [0.15, 0.2) is 5.76 Å². The van der Waals surface area contributed by atoms with Crippen LogP contribution in [-0.4, -0.2) is 40.8 Å². The summed E-state index contributed by atoms with van der Waals surface area (Å²) in [5, 5.41) is 3.88. The second-order valence-corrected chi connectivity index (χ2v) is 9.00. The topological polar surface area (TPSA) is 81.2 Å². The second kappa shape index (κ2) is 9.16. The molecule has 0 saturated carbocycles. The molecule has 0 spiro atoms. The lowest BCUT2D eigenvalue weighted by atomic mass is 10.1. The molecule has 0 atom stereocenters. The Hall–Kier alpha value is -2.45. The number of imidazole rings is 1. The van der Waals surface area contributed by atoms with E-state index in [0.717, 1.165) is 24.3 Å². The van der Waals surface area contributed by atoms with Crippen LogP contribution in [0.15, 0.2) is 58.5 Å². The highest BCUT2D eigenvalue weighted by atomic mass is 32.2. The van der Waals surface area contributed by atoms with E-state index in [1.165, 1.54) is 5.56 Å². The molecule has 8 heteroatoms. The van der Waals surface area contributed by atoms with Gasteiger partial charge in [0.25, 0.3) is 0 Å². The molecule has 2 aromatic heterocycles. The molecule has 0 fully saturated rings. The van der Waals surface area contributed by atoms with Gasteiger partial charge in [-0.2, -0.15) is 0 Å². The molecular formula is C20H26N4O3S. The van der Waals surface area contributed by atoms with Crippen molar-refractivity contribution in [3.63, 3.8) is 0 Å². The van der Waals surface area contributed by atoms with Crippen LogP contribution < -0.4 is 0 Å². The van der Waals surface area contributed by atoms with Gasteiger partial charge in [-0.1, -0.05) is 42.4 Å². The first kappa shape index (κ1) is 20.3. The summed E-state index contributed by atoms with van der Waals surface area (Å²) in [4.78, 5) is 6.30. The van der Waals surface area contributed by atoms with E-state index >= 15 is 0 Å². The lowest BCUT2D eigenvalue weighted by molar-refractivity contribution is 0.260. The van der Waals surface area contributed by atoms with E-state index in [-0.39, 0.29) is 10.9 Å². The molecule has 0 aliphatic carbocycles. The summed E-state index contributed by atoms with van der Waals surface area (Å²) in [5.41, 5.74) is 2.12. The number of nitrogens with zero attached hydrogens (tertiary/aromatic N) is 4. The average Bonchev–Trinajstić information content (AvgIpc) is 3.33. The van der Waals surface area contributed by atoms with E-state index in [9.17, 15) is 8.42 Å². The van der Waals surface area contributed by atoms with Crippen LogP contribution in [0, 0.1) is 0 Å². The quantitative estimate of drug-likeness (QED) is 0.519. The smallest absolute Gasteiger partial charge is 0.227 e. The minimum absolute atomic E-state index is 0.0377. The van der Waals surface area contributed by atoms with E-state index in [0.29, 0.717) is 19.6 Å². The number of aromatic nitrogens is 3. The van der Waals surface area contributed by atoms with Crippen LogP contribution in [0.1, 0.15) is 30.4 Å². The fourth-order valence-electron chi connectivity index (χ4n) is 3.14. The number of hydrogen-bond donors (Lipinski definition) is 0. The molecule has 0 saturated heterocycles. The minimum Gasteiger partial charge on any atom is -0.360 e. The van der Waals surface area contributed by atoms with Crippen LogP contribution in [0.5, 0.6) is 0 Å². The van der Waals surface area contributed by atoms with E-state index in [1.54, 1.807) is 19.3 Å². The lowest BCUT2D eigenvalue weighted by Gasteiger charge is -2.17. The maximum absolute atomic E-state index is 12.5. The summed E-state index contributed by atoms with van der Waals surface area (Å²) in [6.07, 6.45) is 5.01. The fourth-order valence-corrected chi connectivity index (χ4v) is 4.16. The summed E-state index contributed by atoms with van der Waals surface area (Å²) in [6.45, 7) is 3.41. The van der Waals surface area contributed by atoms with Gasteiger partial charge in [-0.3, -0.25) is 4.90 Å². The molecular weight excluding hydrogens is 376 g/mol. The molecule has 1 aromatic carbocycles. The fraction of sp³-hybridized carbons (Fsp3) is 0.400. The molecule has 0 aliphatic rings. The molecule has 0 radical (unpaired) electrons. The Balaban J connectivity index is 1.75. The standard InChI is InChI=1S/C20H26N4O3S/c1-3-28(25,26)20-21-14-18(15-23(2)16-19-11-12-22-27-19)24(20)13-7-10-17-8-5-4-6-9-17/h4-6,8-9,11-12,14H,3,7,10,13,15-16H2,1-2H3. The normalized spacial score (nSPS) is 12.0. The highest BCUT2D eigenvalue weighted by Gasteiger charge is 2.22. The Bertz CT molecular complexity index is 966. The number of sulfone groups is 1. The first-order valence-electron chi connectivity index (χ1n) is 9.39. The van der Waals surface area contributed by atoms with Crippen molar-refractivity contribution >= 4 is 9.84 Å². The molecule has 7 nitrogen and oxygen atoms in total. The third-order valence-electron chi connectivity index (χ3n) is 4.60. The molecule has 0 unspecified atom stereocenters. The highest BCUT2D eigenvalue weighted by molar-refractivity contribution is 7.91. The summed E-state index contributed by atoms with van der Waals surface area (Å²) in [7, 11) is -1.43. The van der Waals surface area contributed by atoms with Crippen LogP contribution in [0.2, 0.25) is 0 Å². The number of hydrogen-bond acceptors (Lipinski definition) is 6. The Kier molecular flexibility index (Phi) is 6.64. The Morgan fingerprint density at radius 1 is 1.14 bits per heavy atom. The van der Waals surface area contributed by atoms with E-state index in [4.69, 9.17) is 4.52 Å². The second-order valence-electron chi connectivity index (χ2n) is 6.83. The van der Waals surface area contributed by atoms with Crippen molar-refractivity contribution < 1.29 is 12.9 Å². The van der Waals surface area contributed by atoms with Gasteiger partial charge in [0.05, 0.1) is 30.4 Å². The molecule has 0 amide bonds. The van der Waals surface area contributed by atoms with Gasteiger partial charge in [-0.15, -0.1) is 0 Å². The minimum atomic E-state index is -3.38. The summed E-state index contributed by atoms with van der Waals surface area (Å²) < 4.78 is 32.0. The van der Waals surface area contributed by atoms with E-state index < -0.39 is 9.84 Å². The summed E-state index contributed by atoms with van der Waals surface area (Å²) in [5.74, 6) is 0.801. The zero-order chi connectivity index (χ0) is 20.0. The van der Waals surface area contributed by atoms with Crippen molar-refractivity contribution in [3.05, 3.63) is 65.8 Å². The predicted molar refractivity (Wildman–Crippen MR) is 106 cm³/mol. The highest BCUT2D eigenvalue weighted by Crippen LogP contribution is 2.17. The van der Waals surface area contributed by atoms with Crippen LogP contribution in [0.25, 0.3) is 0 Å². The molecule has 2 heterocycles. The maximum atomic E-state index is 12.5. The van der Waals surface area contributed by atoms with Crippen LogP contribution in [0.3, 0.4) is 0 Å². The molecule has 28 heavy (non-hydrogen) atoms. The van der Waals surface area contributed by atoms with Crippen molar-refractivity contribution in [1.29, 1.82) is 0 Å². The Morgan fingerprint density at radius 2 is 1.93 bits per heavy atom. The SMILES string of the molecule is CCS(=O)(=O)c1ncc(CN(C)Cc2ccno2)n1CCCc1ccccc1. The average molecular weight is 403 g/mol. The largest absolute Gasteiger partial charge is 0.360 e. The first-order chi connectivity index (χ1) is 13.5. The van der Waals surface area contributed by atoms with Crippen molar-refractivity contribution in [1.82, 2.24) is 19.6 Å². The van der Waals surface area contributed by atoms with Gasteiger partial charge in [0, 0.05) is 19.2 Å². The van der Waals surface area contributed by atoms with Crippen LogP contribution in [-0.2, 0) is 35.9 Å². The maximum Gasteiger partial charge on any atom is 0.227 e. The van der Waals surface area contributed by atoms with Gasteiger partial charge in [0.1, 0.15) is 0 Å². The van der Waals surface area contributed by atoms with Gasteiger partial charge in [-0.05, 0) is 25.5 Å². The third-order valence-corrected chi connectivity index (χ3v) is 6.24. The third kappa shape index (κ3) is 5.08. The molecule has 0 aliphatic heterocycles. The Morgan fingerprint density at radius 3 is 2.61 bits per heavy atom. The Labute approximate surface area is 165 Å². The molecule has 150 valence electrons. The monoisotopic (exact) mass is 402 g/mol. The number of rotatable bonds is 10. The first-order valence-corrected chi connectivity index (χ1v) is 11.0. The molecule has 0 bridgehead atoms. The van der Waals surface area contributed by atoms with Crippen molar-refractivity contribution in [2.75, 3.05) is 12.8 Å². The zero-order valence-corrected chi connectivity index (χ0v) is 17.1. The predicted octanol–water partition coefficient (Wildman–Crippen LogP) is 2.93. The number of aryl methyl sites for hydroxylation is 1. The van der Waals surface area contributed by atoms with Gasteiger partial charge < -0.3 is 9.09 Å². The zero-order valence-electron chi connectivity index (χ0n) is 16.3. The van der Waals surface area contributed by atoms with Gasteiger partial charge in [-0.25, -0.2) is 13.4 Å². The van der Waals surface area contributed by atoms with Gasteiger partial charge in [0.2, 0.25) is 15.0 Å². The van der Waals surface area contributed by atoms with Crippen molar-refractivity contribution in [3.8, 4) is 0 Å². The summed E-state index contributed by atoms with van der Waals surface area (Å²) >= 11 is 0. The number of benzene rings is 1. The molecule has 3 aromatic rings. The van der Waals surface area contributed by atoms with Crippen molar-refractivity contribution in [2.45, 2.75) is 44.6 Å². The van der Waals surface area contributed by atoms with Gasteiger partial charge >= 0.3 is 0 Å². The van der Waals surface area contributed by atoms with Crippen LogP contribution in [0.4, 0.5) is 0 Å². The van der Waals surface area contributed by atoms with E-state index in [1.807, 2.05) is 40.8 Å². The van der Waals surface area contributed by atoms with Crippen molar-refractivity contribution in [2.24, 2.45) is 0 Å². The molecule has 3 rings (SSSR count).